The Balaban J connectivity index is 1.96. The van der Waals surface area contributed by atoms with Crippen molar-refractivity contribution >= 4 is 9.84 Å². The Labute approximate surface area is 130 Å². The number of sulfone groups is 1. The van der Waals surface area contributed by atoms with Gasteiger partial charge in [-0.25, -0.2) is 8.42 Å². The van der Waals surface area contributed by atoms with Crippen molar-refractivity contribution in [2.75, 3.05) is 0 Å². The minimum Gasteiger partial charge on any atom is -0.424 e. The standard InChI is InChI=1S/C16H20N2O3S/c1-3-15-17-18-16(21-15)11(2)22(19,20)14-10-6-8-12-7-4-5-9-13(12)14/h4-5,7,9,11,14H,3,6,8,10H2,1-2H3/t11-,14+/m0/s1. The van der Waals surface area contributed by atoms with Gasteiger partial charge in [0.05, 0.1) is 5.25 Å². The second-order valence-electron chi connectivity index (χ2n) is 5.70. The SMILES string of the molecule is CCc1nnc([C@H](C)S(=O)(=O)[C@@H]2CCCc3ccccc32)o1. The predicted molar refractivity (Wildman–Crippen MR) is 83.1 cm³/mol. The topological polar surface area (TPSA) is 73.1 Å². The maximum atomic E-state index is 13.0. The molecule has 1 heterocycles. The van der Waals surface area contributed by atoms with Crippen molar-refractivity contribution in [3.8, 4) is 0 Å². The second-order valence-corrected chi connectivity index (χ2v) is 8.15. The average molecular weight is 320 g/mol. The van der Waals surface area contributed by atoms with Crippen LogP contribution in [-0.2, 0) is 22.7 Å². The number of benzene rings is 1. The van der Waals surface area contributed by atoms with Crippen molar-refractivity contribution in [2.45, 2.75) is 50.0 Å². The van der Waals surface area contributed by atoms with Crippen molar-refractivity contribution in [1.82, 2.24) is 10.2 Å². The fourth-order valence-corrected chi connectivity index (χ4v) is 4.96. The summed E-state index contributed by atoms with van der Waals surface area (Å²) in [6.07, 6.45) is 3.08. The zero-order valence-corrected chi connectivity index (χ0v) is 13.6. The summed E-state index contributed by atoms with van der Waals surface area (Å²) in [5.74, 6) is 0.668. The molecule has 118 valence electrons. The quantitative estimate of drug-likeness (QED) is 0.865. The molecule has 0 spiro atoms. The van der Waals surface area contributed by atoms with Gasteiger partial charge in [-0.3, -0.25) is 0 Å². The van der Waals surface area contributed by atoms with Gasteiger partial charge in [-0.1, -0.05) is 31.2 Å². The third kappa shape index (κ3) is 2.56. The van der Waals surface area contributed by atoms with Crippen LogP contribution in [-0.4, -0.2) is 18.6 Å². The molecule has 6 heteroatoms. The van der Waals surface area contributed by atoms with E-state index in [-0.39, 0.29) is 5.89 Å². The molecule has 2 atom stereocenters. The predicted octanol–water partition coefficient (Wildman–Crippen LogP) is 3.19. The van der Waals surface area contributed by atoms with Crippen LogP contribution in [0.4, 0.5) is 0 Å². The Hall–Kier alpha value is -1.69. The van der Waals surface area contributed by atoms with E-state index in [1.807, 2.05) is 31.2 Å². The Morgan fingerprint density at radius 3 is 2.82 bits per heavy atom. The summed E-state index contributed by atoms with van der Waals surface area (Å²) >= 11 is 0. The van der Waals surface area contributed by atoms with Crippen molar-refractivity contribution in [1.29, 1.82) is 0 Å². The molecule has 1 aromatic carbocycles. The lowest BCUT2D eigenvalue weighted by Gasteiger charge is -2.27. The molecule has 5 nitrogen and oxygen atoms in total. The Bertz CT molecular complexity index is 767. The summed E-state index contributed by atoms with van der Waals surface area (Å²) in [4.78, 5) is 0. The highest BCUT2D eigenvalue weighted by Crippen LogP contribution is 2.41. The minimum atomic E-state index is -3.42. The molecule has 2 aromatic rings. The normalized spacial score (nSPS) is 19.6. The summed E-state index contributed by atoms with van der Waals surface area (Å²) < 4.78 is 31.5. The number of aryl methyl sites for hydroxylation is 2. The van der Waals surface area contributed by atoms with Crippen LogP contribution in [0.2, 0.25) is 0 Å². The third-order valence-electron chi connectivity index (χ3n) is 4.34. The first-order valence-electron chi connectivity index (χ1n) is 7.66. The highest BCUT2D eigenvalue weighted by molar-refractivity contribution is 7.91. The van der Waals surface area contributed by atoms with Crippen LogP contribution in [0, 0.1) is 0 Å². The van der Waals surface area contributed by atoms with Crippen LogP contribution < -0.4 is 0 Å². The van der Waals surface area contributed by atoms with E-state index in [1.165, 1.54) is 0 Å². The first kappa shape index (κ1) is 15.2. The largest absolute Gasteiger partial charge is 0.424 e. The van der Waals surface area contributed by atoms with E-state index in [9.17, 15) is 8.42 Å². The van der Waals surface area contributed by atoms with Gasteiger partial charge in [0.25, 0.3) is 0 Å². The Morgan fingerprint density at radius 1 is 1.32 bits per heavy atom. The van der Waals surface area contributed by atoms with Crippen molar-refractivity contribution in [3.63, 3.8) is 0 Å². The number of hydrogen-bond donors (Lipinski definition) is 0. The van der Waals surface area contributed by atoms with Crippen molar-refractivity contribution in [3.05, 3.63) is 47.2 Å². The van der Waals surface area contributed by atoms with Crippen LogP contribution >= 0.6 is 0 Å². The molecule has 0 N–H and O–H groups in total. The molecule has 3 rings (SSSR count). The molecule has 0 unspecified atom stereocenters. The molecule has 0 fully saturated rings. The molecule has 0 amide bonds. The lowest BCUT2D eigenvalue weighted by molar-refractivity contribution is 0.446. The molecule has 0 bridgehead atoms. The van der Waals surface area contributed by atoms with Gasteiger partial charge in [0.15, 0.2) is 9.84 Å². The van der Waals surface area contributed by atoms with Gasteiger partial charge >= 0.3 is 0 Å². The van der Waals surface area contributed by atoms with E-state index in [0.29, 0.717) is 18.7 Å². The zero-order valence-electron chi connectivity index (χ0n) is 12.8. The molecular formula is C16H20N2O3S. The molecule has 0 radical (unpaired) electrons. The smallest absolute Gasteiger partial charge is 0.234 e. The average Bonchev–Trinajstić information content (AvgIpc) is 3.02. The minimum absolute atomic E-state index is 0.194. The molecule has 22 heavy (non-hydrogen) atoms. The van der Waals surface area contributed by atoms with Crippen molar-refractivity contribution in [2.24, 2.45) is 0 Å². The highest BCUT2D eigenvalue weighted by Gasteiger charge is 2.38. The lowest BCUT2D eigenvalue weighted by atomic mass is 9.91. The summed E-state index contributed by atoms with van der Waals surface area (Å²) in [6.45, 7) is 3.54. The van der Waals surface area contributed by atoms with Crippen LogP contribution in [0.3, 0.4) is 0 Å². The molecule has 0 saturated carbocycles. The molecule has 1 aliphatic rings. The van der Waals surface area contributed by atoms with E-state index in [0.717, 1.165) is 24.0 Å². The van der Waals surface area contributed by atoms with Gasteiger partial charge in [0.2, 0.25) is 11.8 Å². The first-order chi connectivity index (χ1) is 10.5. The molecule has 0 saturated heterocycles. The van der Waals surface area contributed by atoms with E-state index in [2.05, 4.69) is 10.2 Å². The number of nitrogens with zero attached hydrogens (tertiary/aromatic N) is 2. The zero-order chi connectivity index (χ0) is 15.7. The van der Waals surface area contributed by atoms with Crippen LogP contribution in [0.15, 0.2) is 28.7 Å². The Kier molecular flexibility index (Phi) is 4.04. The molecule has 0 aliphatic heterocycles. The van der Waals surface area contributed by atoms with E-state index in [4.69, 9.17) is 4.42 Å². The summed E-state index contributed by atoms with van der Waals surface area (Å²) in [5.41, 5.74) is 2.06. The van der Waals surface area contributed by atoms with E-state index < -0.39 is 20.3 Å². The van der Waals surface area contributed by atoms with E-state index in [1.54, 1.807) is 6.92 Å². The van der Waals surface area contributed by atoms with Crippen molar-refractivity contribution < 1.29 is 12.8 Å². The third-order valence-corrected chi connectivity index (χ3v) is 6.81. The second kappa shape index (κ2) is 5.83. The van der Waals surface area contributed by atoms with Gasteiger partial charge in [-0.2, -0.15) is 0 Å². The summed E-state index contributed by atoms with van der Waals surface area (Å²) in [5, 5.41) is 6.52. The van der Waals surface area contributed by atoms with Gasteiger partial charge in [-0.05, 0) is 37.3 Å². The highest BCUT2D eigenvalue weighted by atomic mass is 32.2. The fraction of sp³-hybridized carbons (Fsp3) is 0.500. The maximum Gasteiger partial charge on any atom is 0.234 e. The molecular weight excluding hydrogens is 300 g/mol. The number of hydrogen-bond acceptors (Lipinski definition) is 5. The van der Waals surface area contributed by atoms with Crippen LogP contribution in [0.25, 0.3) is 0 Å². The molecule has 1 aromatic heterocycles. The monoisotopic (exact) mass is 320 g/mol. The van der Waals surface area contributed by atoms with Crippen LogP contribution in [0.1, 0.15) is 60.1 Å². The van der Waals surface area contributed by atoms with Crippen LogP contribution in [0.5, 0.6) is 0 Å². The first-order valence-corrected chi connectivity index (χ1v) is 9.27. The van der Waals surface area contributed by atoms with E-state index >= 15 is 0 Å². The number of aromatic nitrogens is 2. The number of fused-ring (bicyclic) bond motifs is 1. The van der Waals surface area contributed by atoms with Gasteiger partial charge in [-0.15, -0.1) is 10.2 Å². The number of rotatable bonds is 4. The Morgan fingerprint density at radius 2 is 2.09 bits per heavy atom. The summed E-state index contributed by atoms with van der Waals surface area (Å²) in [7, 11) is -3.42. The van der Waals surface area contributed by atoms with Gasteiger partial charge < -0.3 is 4.42 Å². The fourth-order valence-electron chi connectivity index (χ4n) is 3.01. The maximum absolute atomic E-state index is 13.0. The summed E-state index contributed by atoms with van der Waals surface area (Å²) in [6, 6.07) is 7.81. The lowest BCUT2D eigenvalue weighted by Crippen LogP contribution is -2.23. The van der Waals surface area contributed by atoms with Gasteiger partial charge in [0, 0.05) is 6.42 Å². The molecule has 1 aliphatic carbocycles. The van der Waals surface area contributed by atoms with Gasteiger partial charge in [0.1, 0.15) is 5.25 Å².